The van der Waals surface area contributed by atoms with Crippen LogP contribution in [0.2, 0.25) is 0 Å². The van der Waals surface area contributed by atoms with Gasteiger partial charge in [-0.1, -0.05) is 25.7 Å². The molecule has 0 aromatic rings. The van der Waals surface area contributed by atoms with Gasteiger partial charge in [0.05, 0.1) is 17.6 Å². The topological polar surface area (TPSA) is 90.2 Å². The normalized spacial score (nSPS) is 18.4. The van der Waals surface area contributed by atoms with Crippen LogP contribution in [0, 0.1) is 11.3 Å². The fourth-order valence-corrected chi connectivity index (χ4v) is 2.67. The minimum Gasteiger partial charge on any atom is -0.481 e. The number of hydrogen-bond donors (Lipinski definition) is 2. The number of nitrogens with one attached hydrogen (secondary N) is 1. The van der Waals surface area contributed by atoms with E-state index in [1.54, 1.807) is 0 Å². The second-order valence-corrected chi connectivity index (χ2v) is 5.53. The Morgan fingerprint density at radius 1 is 1.22 bits per heavy atom. The van der Waals surface area contributed by atoms with E-state index in [1.807, 2.05) is 0 Å². The van der Waals surface area contributed by atoms with Crippen molar-refractivity contribution in [2.45, 2.75) is 44.1 Å². The van der Waals surface area contributed by atoms with Crippen molar-refractivity contribution in [1.29, 1.82) is 5.26 Å². The summed E-state index contributed by atoms with van der Waals surface area (Å²) in [4.78, 5) is 22.0. The van der Waals surface area contributed by atoms with Crippen LogP contribution in [0.15, 0.2) is 0 Å². The van der Waals surface area contributed by atoms with Crippen LogP contribution in [-0.2, 0) is 9.59 Å². The summed E-state index contributed by atoms with van der Waals surface area (Å²) in [5.41, 5.74) is -0.739. The van der Waals surface area contributed by atoms with Gasteiger partial charge in [0.1, 0.15) is 5.54 Å². The molecule has 0 bridgehead atoms. The van der Waals surface area contributed by atoms with Crippen LogP contribution in [-0.4, -0.2) is 34.0 Å². The maximum absolute atomic E-state index is 11.7. The lowest BCUT2D eigenvalue weighted by Crippen LogP contribution is -2.47. The molecule has 1 fully saturated rings. The molecule has 1 rings (SSSR count). The standard InChI is InChI=1S/C12H18N2O3S/c13-9-12(5-3-1-2-4-6-12)14-10(15)7-18-8-11(16)17/h1-8H2,(H,14,15)(H,16,17). The van der Waals surface area contributed by atoms with E-state index in [-0.39, 0.29) is 17.4 Å². The Morgan fingerprint density at radius 2 is 1.83 bits per heavy atom. The van der Waals surface area contributed by atoms with Crippen LogP contribution in [0.4, 0.5) is 0 Å². The predicted octanol–water partition coefficient (Wildman–Crippen LogP) is 1.54. The number of amides is 1. The van der Waals surface area contributed by atoms with Crippen LogP contribution in [0.5, 0.6) is 0 Å². The zero-order valence-electron chi connectivity index (χ0n) is 10.3. The third kappa shape index (κ3) is 4.96. The maximum Gasteiger partial charge on any atom is 0.313 e. The number of carbonyl (C=O) groups excluding carboxylic acids is 1. The first kappa shape index (κ1) is 14.8. The number of nitriles is 1. The van der Waals surface area contributed by atoms with Crippen LogP contribution in [0.1, 0.15) is 38.5 Å². The van der Waals surface area contributed by atoms with E-state index < -0.39 is 11.5 Å². The summed E-state index contributed by atoms with van der Waals surface area (Å²) in [6.07, 6.45) is 5.50. The SMILES string of the molecule is N#CC1(NC(=O)CSCC(=O)O)CCCCCC1. The monoisotopic (exact) mass is 270 g/mol. The fourth-order valence-electron chi connectivity index (χ4n) is 2.13. The van der Waals surface area contributed by atoms with Crippen LogP contribution >= 0.6 is 11.8 Å². The Labute approximate surface area is 111 Å². The van der Waals surface area contributed by atoms with Gasteiger partial charge in [-0.3, -0.25) is 9.59 Å². The molecule has 1 saturated carbocycles. The Hall–Kier alpha value is -1.22. The van der Waals surface area contributed by atoms with E-state index in [4.69, 9.17) is 5.11 Å². The Kier molecular flexibility index (Phi) is 5.99. The number of rotatable bonds is 5. The Morgan fingerprint density at radius 3 is 2.33 bits per heavy atom. The first-order chi connectivity index (χ1) is 8.58. The third-order valence-corrected chi connectivity index (χ3v) is 3.93. The highest BCUT2D eigenvalue weighted by Crippen LogP contribution is 2.26. The number of nitrogens with zero attached hydrogens (tertiary/aromatic N) is 1. The zero-order chi connectivity index (χ0) is 13.4. The van der Waals surface area contributed by atoms with Crippen molar-refractivity contribution in [3.05, 3.63) is 0 Å². The highest BCUT2D eigenvalue weighted by molar-refractivity contribution is 8.00. The van der Waals surface area contributed by atoms with Crippen LogP contribution in [0.25, 0.3) is 0 Å². The van der Waals surface area contributed by atoms with Gasteiger partial charge in [0, 0.05) is 0 Å². The number of carboxylic acid groups (broad SMARTS) is 1. The number of carboxylic acids is 1. The van der Waals surface area contributed by atoms with Crippen molar-refractivity contribution in [2.24, 2.45) is 0 Å². The first-order valence-corrected chi connectivity index (χ1v) is 7.25. The van der Waals surface area contributed by atoms with Gasteiger partial charge in [0.15, 0.2) is 0 Å². The smallest absolute Gasteiger partial charge is 0.313 e. The van der Waals surface area contributed by atoms with E-state index in [0.29, 0.717) is 12.8 Å². The molecule has 0 heterocycles. The third-order valence-electron chi connectivity index (χ3n) is 3.01. The summed E-state index contributed by atoms with van der Waals surface area (Å²) >= 11 is 1.05. The second kappa shape index (κ2) is 7.27. The van der Waals surface area contributed by atoms with E-state index in [1.165, 1.54) is 0 Å². The Balaban J connectivity index is 2.44. The highest BCUT2D eigenvalue weighted by Gasteiger charge is 2.32. The lowest BCUT2D eigenvalue weighted by atomic mass is 9.92. The fraction of sp³-hybridized carbons (Fsp3) is 0.750. The van der Waals surface area contributed by atoms with Crippen molar-refractivity contribution < 1.29 is 14.7 Å². The molecule has 1 aliphatic rings. The molecule has 1 amide bonds. The molecule has 0 radical (unpaired) electrons. The largest absolute Gasteiger partial charge is 0.481 e. The number of carbonyl (C=O) groups is 2. The van der Waals surface area contributed by atoms with Gasteiger partial charge in [0.2, 0.25) is 5.91 Å². The summed E-state index contributed by atoms with van der Waals surface area (Å²) in [5, 5.41) is 20.5. The molecule has 18 heavy (non-hydrogen) atoms. The van der Waals surface area contributed by atoms with Gasteiger partial charge in [0.25, 0.3) is 0 Å². The molecule has 5 nitrogen and oxygen atoms in total. The van der Waals surface area contributed by atoms with E-state index in [9.17, 15) is 14.9 Å². The second-order valence-electron chi connectivity index (χ2n) is 4.54. The molecule has 0 aromatic heterocycles. The minimum atomic E-state index is -0.933. The molecular formula is C12H18N2O3S. The van der Waals surface area contributed by atoms with Crippen molar-refractivity contribution in [1.82, 2.24) is 5.32 Å². The molecule has 100 valence electrons. The summed E-state index contributed by atoms with van der Waals surface area (Å²) in [6.45, 7) is 0. The minimum absolute atomic E-state index is 0.0903. The van der Waals surface area contributed by atoms with Gasteiger partial charge in [-0.05, 0) is 12.8 Å². The summed E-state index contributed by atoms with van der Waals surface area (Å²) in [7, 11) is 0. The number of hydrogen-bond acceptors (Lipinski definition) is 4. The number of thioether (sulfide) groups is 1. The van der Waals surface area contributed by atoms with Crippen LogP contribution in [0.3, 0.4) is 0 Å². The maximum atomic E-state index is 11.7. The van der Waals surface area contributed by atoms with Crippen molar-refractivity contribution in [3.8, 4) is 6.07 Å². The lowest BCUT2D eigenvalue weighted by Gasteiger charge is -2.26. The molecule has 0 saturated heterocycles. The first-order valence-electron chi connectivity index (χ1n) is 6.10. The van der Waals surface area contributed by atoms with Crippen molar-refractivity contribution >= 4 is 23.6 Å². The quantitative estimate of drug-likeness (QED) is 0.739. The molecule has 6 heteroatoms. The molecule has 0 aromatic carbocycles. The predicted molar refractivity (Wildman–Crippen MR) is 69.1 cm³/mol. The molecule has 0 atom stereocenters. The van der Waals surface area contributed by atoms with Crippen molar-refractivity contribution in [2.75, 3.05) is 11.5 Å². The van der Waals surface area contributed by atoms with Crippen LogP contribution < -0.4 is 5.32 Å². The number of aliphatic carboxylic acids is 1. The summed E-state index contributed by atoms with van der Waals surface area (Å²) < 4.78 is 0. The molecule has 2 N–H and O–H groups in total. The lowest BCUT2D eigenvalue weighted by molar-refractivity contribution is -0.133. The zero-order valence-corrected chi connectivity index (χ0v) is 11.1. The van der Waals surface area contributed by atoms with E-state index >= 15 is 0 Å². The molecule has 1 aliphatic carbocycles. The highest BCUT2D eigenvalue weighted by atomic mass is 32.2. The molecule has 0 unspecified atom stereocenters. The Bertz CT molecular complexity index is 344. The van der Waals surface area contributed by atoms with Gasteiger partial charge >= 0.3 is 5.97 Å². The average Bonchev–Trinajstić information content (AvgIpc) is 2.55. The average molecular weight is 270 g/mol. The van der Waals surface area contributed by atoms with Gasteiger partial charge < -0.3 is 10.4 Å². The van der Waals surface area contributed by atoms with Gasteiger partial charge in [-0.2, -0.15) is 5.26 Å². The van der Waals surface area contributed by atoms with Gasteiger partial charge in [-0.15, -0.1) is 11.8 Å². The molecular weight excluding hydrogens is 252 g/mol. The van der Waals surface area contributed by atoms with Crippen molar-refractivity contribution in [3.63, 3.8) is 0 Å². The molecule has 0 aliphatic heterocycles. The molecule has 0 spiro atoms. The van der Waals surface area contributed by atoms with E-state index in [0.717, 1.165) is 37.4 Å². The summed E-state index contributed by atoms with van der Waals surface area (Å²) in [6, 6.07) is 2.23. The van der Waals surface area contributed by atoms with Gasteiger partial charge in [-0.25, -0.2) is 0 Å². The van der Waals surface area contributed by atoms with E-state index in [2.05, 4.69) is 11.4 Å². The summed E-state index contributed by atoms with van der Waals surface area (Å²) in [5.74, 6) is -1.18.